The van der Waals surface area contributed by atoms with Gasteiger partial charge in [-0.05, 0) is 0 Å². The Bertz CT molecular complexity index is 549. The molecule has 0 fully saturated rings. The predicted molar refractivity (Wildman–Crippen MR) is 51.5 cm³/mol. The van der Waals surface area contributed by atoms with Gasteiger partial charge in [-0.25, -0.2) is 0 Å². The van der Waals surface area contributed by atoms with Gasteiger partial charge in [0.15, 0.2) is 0 Å². The maximum atomic E-state index is 10.3. The van der Waals surface area contributed by atoms with Crippen LogP contribution in [-0.4, -0.2) is 6.29 Å². The van der Waals surface area contributed by atoms with E-state index in [9.17, 15) is 4.79 Å². The molecule has 0 spiro atoms. The summed E-state index contributed by atoms with van der Waals surface area (Å²) in [6.45, 7) is 3.75. The number of hydrogen-bond donors (Lipinski definition) is 0. The Balaban J connectivity index is 3.02. The Morgan fingerprint density at radius 2 is 1.92 bits per heavy atom. The lowest BCUT2D eigenvalue weighted by molar-refractivity contribution is -0.103. The molecule has 0 atom stereocenters. The molecule has 2 nitrogen and oxygen atoms in total. The fourth-order valence-corrected chi connectivity index (χ4v) is 1.37. The van der Waals surface area contributed by atoms with Crippen LogP contribution in [0, 0.1) is 0 Å². The molecule has 0 bridgehead atoms. The third-order valence-corrected chi connectivity index (χ3v) is 1.95. The van der Waals surface area contributed by atoms with Gasteiger partial charge in [-0.1, -0.05) is 30.8 Å². The van der Waals surface area contributed by atoms with E-state index in [1.165, 1.54) is 6.08 Å². The van der Waals surface area contributed by atoms with E-state index in [0.29, 0.717) is 17.1 Å². The van der Waals surface area contributed by atoms with Crippen molar-refractivity contribution in [2.24, 2.45) is 0 Å². The zero-order valence-corrected chi connectivity index (χ0v) is 6.99. The van der Waals surface area contributed by atoms with Gasteiger partial charge in [0.2, 0.25) is 0 Å². The summed E-state index contributed by atoms with van der Waals surface area (Å²) in [7, 11) is 0. The van der Waals surface area contributed by atoms with E-state index in [1.807, 2.05) is 24.3 Å². The second-order valence-electron chi connectivity index (χ2n) is 2.74. The summed E-state index contributed by atoms with van der Waals surface area (Å²) >= 11 is 0. The summed E-state index contributed by atoms with van der Waals surface area (Å²) in [5, 5.41) is 1.88. The van der Waals surface area contributed by atoms with Gasteiger partial charge in [0.25, 0.3) is 0 Å². The molecule has 0 unspecified atom stereocenters. The van der Waals surface area contributed by atoms with Crippen molar-refractivity contribution in [1.29, 1.82) is 0 Å². The van der Waals surface area contributed by atoms with Crippen molar-refractivity contribution < 1.29 is 9.21 Å². The van der Waals surface area contributed by atoms with Crippen LogP contribution in [0.2, 0.25) is 0 Å². The van der Waals surface area contributed by atoms with Crippen LogP contribution >= 0.6 is 0 Å². The van der Waals surface area contributed by atoms with Crippen LogP contribution < -0.4 is 10.8 Å². The third kappa shape index (κ3) is 1.16. The van der Waals surface area contributed by atoms with E-state index in [2.05, 4.69) is 6.58 Å². The summed E-state index contributed by atoms with van der Waals surface area (Å²) in [5.74, 6) is 0. The molecule has 64 valence electrons. The highest BCUT2D eigenvalue weighted by molar-refractivity contribution is 5.91. The van der Waals surface area contributed by atoms with Crippen LogP contribution in [-0.2, 0) is 4.79 Å². The van der Waals surface area contributed by atoms with Gasteiger partial charge in [0.05, 0.1) is 0 Å². The number of fused-ring (bicyclic) bond motifs is 1. The number of furan rings is 1. The average Bonchev–Trinajstić information content (AvgIpc) is 2.46. The average molecular weight is 172 g/mol. The largest absolute Gasteiger partial charge is 0.457 e. The molecule has 0 amide bonds. The maximum absolute atomic E-state index is 10.3. The molecule has 0 aliphatic rings. The Kier molecular flexibility index (Phi) is 1.74. The minimum atomic E-state index is 0.579. The molecule has 0 N–H and O–H groups in total. The Labute approximate surface area is 74.8 Å². The first-order valence-corrected chi connectivity index (χ1v) is 3.95. The summed E-state index contributed by atoms with van der Waals surface area (Å²) in [6, 6.07) is 7.64. The van der Waals surface area contributed by atoms with E-state index in [0.717, 1.165) is 10.8 Å². The minimum absolute atomic E-state index is 0.579. The predicted octanol–water partition coefficient (Wildman–Crippen LogP) is 0.823. The Morgan fingerprint density at radius 3 is 2.62 bits per heavy atom. The van der Waals surface area contributed by atoms with Crippen molar-refractivity contribution >= 4 is 29.7 Å². The van der Waals surface area contributed by atoms with Crippen LogP contribution in [0.4, 0.5) is 0 Å². The zero-order valence-electron chi connectivity index (χ0n) is 6.99. The molecule has 0 radical (unpaired) electrons. The number of carbonyl (C=O) groups is 1. The molecule has 0 saturated carbocycles. The molecule has 0 aliphatic heterocycles. The van der Waals surface area contributed by atoms with Gasteiger partial charge in [-0.2, -0.15) is 0 Å². The van der Waals surface area contributed by atoms with E-state index in [-0.39, 0.29) is 0 Å². The minimum Gasteiger partial charge on any atom is -0.457 e. The monoisotopic (exact) mass is 172 g/mol. The molecule has 13 heavy (non-hydrogen) atoms. The lowest BCUT2D eigenvalue weighted by Gasteiger charge is -1.82. The highest BCUT2D eigenvalue weighted by Crippen LogP contribution is 2.03. The third-order valence-electron chi connectivity index (χ3n) is 1.95. The Morgan fingerprint density at radius 1 is 1.23 bits per heavy atom. The summed E-state index contributed by atoms with van der Waals surface area (Å²) < 4.78 is 5.31. The standard InChI is InChI=1S/C11H8O2/c1-8-9-4-2-3-5-10(9)11(13-8)6-7-12/h2-7H,1H2/b11-6-. The highest BCUT2D eigenvalue weighted by atomic mass is 16.3. The molecule has 2 rings (SSSR count). The van der Waals surface area contributed by atoms with Crippen LogP contribution in [0.1, 0.15) is 0 Å². The highest BCUT2D eigenvalue weighted by Gasteiger charge is 1.98. The zero-order chi connectivity index (χ0) is 9.26. The van der Waals surface area contributed by atoms with Gasteiger partial charge < -0.3 is 4.42 Å². The molecule has 1 heterocycles. The van der Waals surface area contributed by atoms with Crippen LogP contribution in [0.5, 0.6) is 0 Å². The van der Waals surface area contributed by atoms with Gasteiger partial charge in [0, 0.05) is 16.8 Å². The van der Waals surface area contributed by atoms with Crippen LogP contribution in [0.15, 0.2) is 28.7 Å². The lowest BCUT2D eigenvalue weighted by Crippen LogP contribution is -1.97. The molecule has 1 aromatic carbocycles. The Hall–Kier alpha value is -1.83. The number of rotatable bonds is 1. The van der Waals surface area contributed by atoms with Crippen molar-refractivity contribution in [3.63, 3.8) is 0 Å². The van der Waals surface area contributed by atoms with Gasteiger partial charge in [-0.3, -0.25) is 4.79 Å². The summed E-state index contributed by atoms with van der Waals surface area (Å²) in [6.07, 6.45) is 2.11. The quantitative estimate of drug-likeness (QED) is 0.596. The second kappa shape index (κ2) is 2.90. The van der Waals surface area contributed by atoms with Crippen molar-refractivity contribution in [3.8, 4) is 0 Å². The maximum Gasteiger partial charge on any atom is 0.146 e. The topological polar surface area (TPSA) is 30.2 Å². The van der Waals surface area contributed by atoms with Crippen molar-refractivity contribution in [1.82, 2.24) is 0 Å². The SMILES string of the molecule is C=c1o/c(=C\C=O)c2ccccc12. The van der Waals surface area contributed by atoms with E-state index >= 15 is 0 Å². The summed E-state index contributed by atoms with van der Waals surface area (Å²) in [5.41, 5.74) is 1.18. The molecule has 0 aliphatic carbocycles. The van der Waals surface area contributed by atoms with Crippen molar-refractivity contribution in [3.05, 3.63) is 35.1 Å². The first-order valence-electron chi connectivity index (χ1n) is 3.95. The van der Waals surface area contributed by atoms with E-state index in [4.69, 9.17) is 4.42 Å². The van der Waals surface area contributed by atoms with Crippen molar-refractivity contribution in [2.45, 2.75) is 0 Å². The first kappa shape index (κ1) is 7.80. The number of carbonyl (C=O) groups excluding carboxylic acids is 1. The molecular weight excluding hydrogens is 164 g/mol. The normalized spacial score (nSPS) is 12.2. The fourth-order valence-electron chi connectivity index (χ4n) is 1.37. The van der Waals surface area contributed by atoms with Gasteiger partial charge in [0.1, 0.15) is 17.1 Å². The van der Waals surface area contributed by atoms with Crippen LogP contribution in [0.3, 0.4) is 0 Å². The first-order chi connectivity index (χ1) is 6.33. The molecular formula is C11H8O2. The number of aldehydes is 1. The number of benzene rings is 1. The lowest BCUT2D eigenvalue weighted by atomic mass is 10.2. The van der Waals surface area contributed by atoms with Gasteiger partial charge >= 0.3 is 0 Å². The molecule has 2 aromatic rings. The molecule has 0 saturated heterocycles. The number of hydrogen-bond acceptors (Lipinski definition) is 2. The van der Waals surface area contributed by atoms with Crippen molar-refractivity contribution in [2.75, 3.05) is 0 Å². The second-order valence-corrected chi connectivity index (χ2v) is 2.74. The molecule has 1 aromatic heterocycles. The van der Waals surface area contributed by atoms with Crippen LogP contribution in [0.25, 0.3) is 23.4 Å². The summed E-state index contributed by atoms with van der Waals surface area (Å²) in [4.78, 5) is 10.3. The molecule has 2 heteroatoms. The fraction of sp³-hybridized carbons (Fsp3) is 0. The van der Waals surface area contributed by atoms with E-state index in [1.54, 1.807) is 0 Å². The van der Waals surface area contributed by atoms with Gasteiger partial charge in [-0.15, -0.1) is 0 Å². The van der Waals surface area contributed by atoms with E-state index < -0.39 is 0 Å². The smallest absolute Gasteiger partial charge is 0.146 e.